The van der Waals surface area contributed by atoms with Gasteiger partial charge in [0.25, 0.3) is 0 Å². The summed E-state index contributed by atoms with van der Waals surface area (Å²) < 4.78 is 0. The van der Waals surface area contributed by atoms with Gasteiger partial charge in [0, 0.05) is 12.2 Å². The number of hydrogen-bond donors (Lipinski definition) is 2. The number of rotatable bonds is 6. The van der Waals surface area contributed by atoms with Gasteiger partial charge in [0.2, 0.25) is 0 Å². The number of aliphatic hydroxyl groups excluding tert-OH is 1. The van der Waals surface area contributed by atoms with Gasteiger partial charge in [0.15, 0.2) is 0 Å². The lowest BCUT2D eigenvalue weighted by Crippen LogP contribution is -2.01. The van der Waals surface area contributed by atoms with Crippen LogP contribution in [0.5, 0.6) is 0 Å². The summed E-state index contributed by atoms with van der Waals surface area (Å²) >= 11 is 0. The van der Waals surface area contributed by atoms with Crippen molar-refractivity contribution in [2.75, 3.05) is 5.32 Å². The zero-order chi connectivity index (χ0) is 13.5. The summed E-state index contributed by atoms with van der Waals surface area (Å²) in [5.41, 5.74) is 3.29. The predicted molar refractivity (Wildman–Crippen MR) is 80.1 cm³/mol. The number of hydrogen-bond acceptors (Lipinski definition) is 2. The third-order valence-electron chi connectivity index (χ3n) is 3.17. The van der Waals surface area contributed by atoms with Crippen molar-refractivity contribution in [3.8, 4) is 0 Å². The lowest BCUT2D eigenvalue weighted by molar-refractivity contribution is 0.166. The van der Waals surface area contributed by atoms with E-state index in [2.05, 4.69) is 24.4 Å². The Hall–Kier alpha value is -1.80. The van der Waals surface area contributed by atoms with Gasteiger partial charge >= 0.3 is 0 Å². The molecule has 0 saturated heterocycles. The van der Waals surface area contributed by atoms with Gasteiger partial charge in [-0.2, -0.15) is 0 Å². The van der Waals surface area contributed by atoms with Gasteiger partial charge in [0.1, 0.15) is 0 Å². The number of anilines is 1. The first-order chi connectivity index (χ1) is 9.29. The lowest BCUT2D eigenvalue weighted by Gasteiger charge is -2.12. The monoisotopic (exact) mass is 255 g/mol. The summed E-state index contributed by atoms with van der Waals surface area (Å²) in [6.45, 7) is 2.88. The maximum absolute atomic E-state index is 10.0. The molecular weight excluding hydrogens is 234 g/mol. The molecule has 2 nitrogen and oxygen atoms in total. The van der Waals surface area contributed by atoms with Crippen LogP contribution in [-0.4, -0.2) is 5.11 Å². The molecule has 0 aliphatic heterocycles. The average molecular weight is 255 g/mol. The van der Waals surface area contributed by atoms with Gasteiger partial charge < -0.3 is 10.4 Å². The summed E-state index contributed by atoms with van der Waals surface area (Å²) in [6, 6.07) is 18.3. The molecule has 2 rings (SSSR count). The molecule has 0 aromatic heterocycles. The molecule has 0 fully saturated rings. The predicted octanol–water partition coefficient (Wildman–Crippen LogP) is 4.13. The van der Waals surface area contributed by atoms with E-state index in [1.54, 1.807) is 0 Å². The van der Waals surface area contributed by atoms with Crippen LogP contribution in [-0.2, 0) is 6.54 Å². The highest BCUT2D eigenvalue weighted by atomic mass is 16.3. The average Bonchev–Trinajstić information content (AvgIpc) is 2.47. The maximum Gasteiger partial charge on any atom is 0.0790 e. The molecule has 0 heterocycles. The molecule has 0 bridgehead atoms. The second-order valence-corrected chi connectivity index (χ2v) is 4.77. The Balaban J connectivity index is 1.99. The van der Waals surface area contributed by atoms with Crippen molar-refractivity contribution in [2.45, 2.75) is 32.4 Å². The first-order valence-corrected chi connectivity index (χ1v) is 6.85. The van der Waals surface area contributed by atoms with Crippen LogP contribution in [0.4, 0.5) is 5.69 Å². The summed E-state index contributed by atoms with van der Waals surface area (Å²) in [7, 11) is 0. The topological polar surface area (TPSA) is 32.3 Å². The smallest absolute Gasteiger partial charge is 0.0790 e. The van der Waals surface area contributed by atoms with Crippen LogP contribution in [0.2, 0.25) is 0 Å². The first kappa shape index (κ1) is 13.6. The minimum Gasteiger partial charge on any atom is -0.388 e. The van der Waals surface area contributed by atoms with Crippen LogP contribution in [0, 0.1) is 0 Å². The fraction of sp³-hybridized carbons (Fsp3) is 0.294. The van der Waals surface area contributed by atoms with Crippen molar-refractivity contribution in [3.63, 3.8) is 0 Å². The molecule has 2 aromatic rings. The van der Waals surface area contributed by atoms with Crippen molar-refractivity contribution in [1.82, 2.24) is 0 Å². The zero-order valence-corrected chi connectivity index (χ0v) is 11.3. The Morgan fingerprint density at radius 2 is 1.84 bits per heavy atom. The van der Waals surface area contributed by atoms with Gasteiger partial charge in [-0.1, -0.05) is 55.8 Å². The van der Waals surface area contributed by atoms with Crippen molar-refractivity contribution in [2.24, 2.45) is 0 Å². The van der Waals surface area contributed by atoms with Crippen molar-refractivity contribution < 1.29 is 5.11 Å². The molecule has 1 atom stereocenters. The van der Waals surface area contributed by atoms with Crippen LogP contribution in [0.15, 0.2) is 54.6 Å². The summed E-state index contributed by atoms with van der Waals surface area (Å²) in [5.74, 6) is 0. The van der Waals surface area contributed by atoms with Crippen LogP contribution >= 0.6 is 0 Å². The molecule has 100 valence electrons. The van der Waals surface area contributed by atoms with Gasteiger partial charge in [-0.3, -0.25) is 0 Å². The van der Waals surface area contributed by atoms with Crippen LogP contribution in [0.3, 0.4) is 0 Å². The Bertz CT molecular complexity index is 496. The SMILES string of the molecule is CCCC(O)c1cccc(NCc2ccccc2)c1. The summed E-state index contributed by atoms with van der Waals surface area (Å²) in [6.07, 6.45) is 1.44. The Labute approximate surface area is 115 Å². The molecule has 0 spiro atoms. The maximum atomic E-state index is 10.0. The molecule has 2 N–H and O–H groups in total. The minimum atomic E-state index is -0.358. The van der Waals surface area contributed by atoms with E-state index in [4.69, 9.17) is 0 Å². The summed E-state index contributed by atoms with van der Waals surface area (Å²) in [4.78, 5) is 0. The zero-order valence-electron chi connectivity index (χ0n) is 11.3. The van der Waals surface area contributed by atoms with Gasteiger partial charge in [-0.25, -0.2) is 0 Å². The van der Waals surface area contributed by atoms with E-state index < -0.39 is 0 Å². The van der Waals surface area contributed by atoms with Crippen molar-refractivity contribution in [1.29, 1.82) is 0 Å². The lowest BCUT2D eigenvalue weighted by atomic mass is 10.0. The standard InChI is InChI=1S/C17H21NO/c1-2-7-17(19)15-10-6-11-16(12-15)18-13-14-8-4-3-5-9-14/h3-6,8-12,17-19H,2,7,13H2,1H3. The molecule has 0 aliphatic carbocycles. The van der Waals surface area contributed by atoms with E-state index in [1.807, 2.05) is 42.5 Å². The molecule has 1 unspecified atom stereocenters. The second-order valence-electron chi connectivity index (χ2n) is 4.77. The van der Waals surface area contributed by atoms with Crippen molar-refractivity contribution in [3.05, 3.63) is 65.7 Å². The van der Waals surface area contributed by atoms with Gasteiger partial charge in [-0.15, -0.1) is 0 Å². The van der Waals surface area contributed by atoms with E-state index in [9.17, 15) is 5.11 Å². The molecule has 19 heavy (non-hydrogen) atoms. The third kappa shape index (κ3) is 4.11. The van der Waals surface area contributed by atoms with Crippen molar-refractivity contribution >= 4 is 5.69 Å². The quantitative estimate of drug-likeness (QED) is 0.813. The fourth-order valence-electron chi connectivity index (χ4n) is 2.10. The third-order valence-corrected chi connectivity index (χ3v) is 3.17. The Morgan fingerprint density at radius 3 is 2.58 bits per heavy atom. The molecular formula is C17H21NO. The van der Waals surface area contributed by atoms with Gasteiger partial charge in [0.05, 0.1) is 6.10 Å². The largest absolute Gasteiger partial charge is 0.388 e. The Morgan fingerprint density at radius 1 is 1.05 bits per heavy atom. The van der Waals surface area contributed by atoms with E-state index in [0.29, 0.717) is 0 Å². The Kier molecular flexibility index (Phi) is 4.99. The van der Waals surface area contributed by atoms with Crippen LogP contribution < -0.4 is 5.32 Å². The molecule has 0 radical (unpaired) electrons. The summed E-state index contributed by atoms with van der Waals surface area (Å²) in [5, 5.41) is 13.4. The second kappa shape index (κ2) is 6.95. The van der Waals surface area contributed by atoms with E-state index in [-0.39, 0.29) is 6.10 Å². The van der Waals surface area contributed by atoms with E-state index >= 15 is 0 Å². The minimum absolute atomic E-state index is 0.358. The highest BCUT2D eigenvalue weighted by molar-refractivity contribution is 5.46. The van der Waals surface area contributed by atoms with Crippen LogP contribution in [0.1, 0.15) is 37.0 Å². The molecule has 2 aromatic carbocycles. The van der Waals surface area contributed by atoms with Crippen LogP contribution in [0.25, 0.3) is 0 Å². The number of benzene rings is 2. The molecule has 0 saturated carbocycles. The molecule has 0 aliphatic rings. The molecule has 0 amide bonds. The van der Waals surface area contributed by atoms with E-state index in [1.165, 1.54) is 5.56 Å². The van der Waals surface area contributed by atoms with E-state index in [0.717, 1.165) is 30.6 Å². The number of nitrogens with one attached hydrogen (secondary N) is 1. The fourth-order valence-corrected chi connectivity index (χ4v) is 2.10. The molecule has 2 heteroatoms. The number of aliphatic hydroxyl groups is 1. The highest BCUT2D eigenvalue weighted by Gasteiger charge is 2.06. The van der Waals surface area contributed by atoms with Gasteiger partial charge in [-0.05, 0) is 29.7 Å². The highest BCUT2D eigenvalue weighted by Crippen LogP contribution is 2.21. The first-order valence-electron chi connectivity index (χ1n) is 6.85. The normalized spacial score (nSPS) is 12.1.